The number of methoxy groups -OCH3 is 1. The van der Waals surface area contributed by atoms with E-state index in [9.17, 15) is 14.9 Å². The smallest absolute Gasteiger partial charge is 0.296 e. The maximum Gasteiger partial charge on any atom is 0.296 e. The van der Waals surface area contributed by atoms with Crippen molar-refractivity contribution in [2.24, 2.45) is 0 Å². The SMILES string of the molecule is COc1ccc(NC(=O)C(C)n2cc(Br)c(C)n2)c([N+](=O)[O-])c1. The van der Waals surface area contributed by atoms with Gasteiger partial charge in [-0.2, -0.15) is 5.10 Å². The van der Waals surface area contributed by atoms with Crippen LogP contribution < -0.4 is 10.1 Å². The minimum absolute atomic E-state index is 0.107. The number of hydrogen-bond acceptors (Lipinski definition) is 5. The lowest BCUT2D eigenvalue weighted by Crippen LogP contribution is -2.24. The molecule has 1 atom stereocenters. The molecule has 0 saturated carbocycles. The first-order valence-electron chi connectivity index (χ1n) is 6.68. The number of carbonyl (C=O) groups is 1. The van der Waals surface area contributed by atoms with Crippen molar-refractivity contribution in [3.05, 3.63) is 44.7 Å². The summed E-state index contributed by atoms with van der Waals surface area (Å²) in [5, 5.41) is 17.9. The van der Waals surface area contributed by atoms with Crippen LogP contribution in [0.2, 0.25) is 0 Å². The van der Waals surface area contributed by atoms with E-state index in [4.69, 9.17) is 4.74 Å². The number of nitro groups is 1. The quantitative estimate of drug-likeness (QED) is 0.632. The average molecular weight is 383 g/mol. The lowest BCUT2D eigenvalue weighted by atomic mass is 10.2. The van der Waals surface area contributed by atoms with Crippen LogP contribution in [0.5, 0.6) is 5.75 Å². The molecule has 122 valence electrons. The number of nitro benzene ring substituents is 1. The maximum absolute atomic E-state index is 12.3. The van der Waals surface area contributed by atoms with Crippen LogP contribution in [0.1, 0.15) is 18.7 Å². The van der Waals surface area contributed by atoms with Crippen molar-refractivity contribution >= 4 is 33.2 Å². The van der Waals surface area contributed by atoms with Gasteiger partial charge >= 0.3 is 0 Å². The zero-order chi connectivity index (χ0) is 17.1. The third kappa shape index (κ3) is 3.67. The second kappa shape index (κ2) is 6.78. The molecule has 1 unspecified atom stereocenters. The first kappa shape index (κ1) is 16.9. The molecular formula is C14H15BrN4O4. The highest BCUT2D eigenvalue weighted by Gasteiger charge is 2.22. The summed E-state index contributed by atoms with van der Waals surface area (Å²) < 4.78 is 7.24. The van der Waals surface area contributed by atoms with Crippen LogP contribution in [0.15, 0.2) is 28.9 Å². The highest BCUT2D eigenvalue weighted by atomic mass is 79.9. The zero-order valence-corrected chi connectivity index (χ0v) is 14.3. The van der Waals surface area contributed by atoms with Gasteiger partial charge in [0, 0.05) is 6.20 Å². The molecular weight excluding hydrogens is 368 g/mol. The van der Waals surface area contributed by atoms with Crippen molar-refractivity contribution in [2.75, 3.05) is 12.4 Å². The monoisotopic (exact) mass is 382 g/mol. The molecule has 23 heavy (non-hydrogen) atoms. The first-order valence-corrected chi connectivity index (χ1v) is 7.47. The van der Waals surface area contributed by atoms with Crippen molar-refractivity contribution in [3.63, 3.8) is 0 Å². The molecule has 1 aromatic carbocycles. The average Bonchev–Trinajstić information content (AvgIpc) is 2.86. The van der Waals surface area contributed by atoms with Crippen LogP contribution in [0.4, 0.5) is 11.4 Å². The number of amides is 1. The number of nitrogens with one attached hydrogen (secondary N) is 1. The lowest BCUT2D eigenvalue weighted by Gasteiger charge is -2.13. The number of nitrogens with zero attached hydrogens (tertiary/aromatic N) is 3. The van der Waals surface area contributed by atoms with Gasteiger partial charge in [-0.25, -0.2) is 0 Å². The van der Waals surface area contributed by atoms with E-state index < -0.39 is 16.9 Å². The molecule has 2 rings (SSSR count). The molecule has 9 heteroatoms. The van der Waals surface area contributed by atoms with Crippen LogP contribution in [-0.2, 0) is 4.79 Å². The Morgan fingerprint density at radius 3 is 2.74 bits per heavy atom. The molecule has 0 bridgehead atoms. The fourth-order valence-corrected chi connectivity index (χ4v) is 2.20. The van der Waals surface area contributed by atoms with Crippen LogP contribution in [0, 0.1) is 17.0 Å². The van der Waals surface area contributed by atoms with Gasteiger partial charge in [-0.1, -0.05) is 0 Å². The Morgan fingerprint density at radius 1 is 1.52 bits per heavy atom. The summed E-state index contributed by atoms with van der Waals surface area (Å²) in [7, 11) is 1.41. The van der Waals surface area contributed by atoms with Crippen molar-refractivity contribution in [1.29, 1.82) is 0 Å². The minimum Gasteiger partial charge on any atom is -0.496 e. The van der Waals surface area contributed by atoms with Crippen molar-refractivity contribution in [1.82, 2.24) is 9.78 Å². The van der Waals surface area contributed by atoms with Gasteiger partial charge < -0.3 is 10.1 Å². The second-order valence-corrected chi connectivity index (χ2v) is 5.70. The van der Waals surface area contributed by atoms with Crippen molar-refractivity contribution in [2.45, 2.75) is 19.9 Å². The van der Waals surface area contributed by atoms with Gasteiger partial charge in [0.2, 0.25) is 5.91 Å². The number of ether oxygens (including phenoxy) is 1. The van der Waals surface area contributed by atoms with Crippen LogP contribution >= 0.6 is 15.9 Å². The standard InChI is InChI=1S/C14H15BrN4O4/c1-8-11(15)7-18(17-8)9(2)14(20)16-12-5-4-10(23-3)6-13(12)19(21)22/h4-7,9H,1-3H3,(H,16,20). The second-order valence-electron chi connectivity index (χ2n) is 4.85. The third-order valence-electron chi connectivity index (χ3n) is 3.29. The molecule has 1 aromatic heterocycles. The third-order valence-corrected chi connectivity index (χ3v) is 4.07. The predicted molar refractivity (Wildman–Crippen MR) is 87.7 cm³/mol. The maximum atomic E-state index is 12.3. The Bertz CT molecular complexity index is 740. The number of hydrogen-bond donors (Lipinski definition) is 1. The van der Waals surface area contributed by atoms with E-state index >= 15 is 0 Å². The lowest BCUT2D eigenvalue weighted by molar-refractivity contribution is -0.384. The normalized spacial score (nSPS) is 11.8. The number of anilines is 1. The highest BCUT2D eigenvalue weighted by Crippen LogP contribution is 2.29. The van der Waals surface area contributed by atoms with Gasteiger partial charge in [0.15, 0.2) is 0 Å². The molecule has 0 saturated heterocycles. The van der Waals surface area contributed by atoms with Gasteiger partial charge in [-0.15, -0.1) is 0 Å². The van der Waals surface area contributed by atoms with Gasteiger partial charge in [0.05, 0.1) is 28.3 Å². The molecule has 8 nitrogen and oxygen atoms in total. The number of benzene rings is 1. The Morgan fingerprint density at radius 2 is 2.22 bits per heavy atom. The van der Waals surface area contributed by atoms with Gasteiger partial charge in [0.25, 0.3) is 5.69 Å². The fourth-order valence-electron chi connectivity index (χ4n) is 1.91. The summed E-state index contributed by atoms with van der Waals surface area (Å²) in [5.74, 6) is -0.0670. The molecule has 0 aliphatic carbocycles. The summed E-state index contributed by atoms with van der Waals surface area (Å²) in [6.45, 7) is 3.46. The Hall–Kier alpha value is -2.42. The highest BCUT2D eigenvalue weighted by molar-refractivity contribution is 9.10. The summed E-state index contributed by atoms with van der Waals surface area (Å²) in [5.41, 5.74) is 0.624. The molecule has 0 radical (unpaired) electrons. The van der Waals surface area contributed by atoms with E-state index in [1.165, 1.54) is 23.9 Å². The Kier molecular flexibility index (Phi) is 4.99. The first-order chi connectivity index (χ1) is 10.8. The molecule has 2 aromatic rings. The number of aryl methyl sites for hydroxylation is 1. The molecule has 0 spiro atoms. The van der Waals surface area contributed by atoms with Crippen molar-refractivity contribution < 1.29 is 14.5 Å². The molecule has 0 aliphatic heterocycles. The Labute approximate surface area is 140 Å². The largest absolute Gasteiger partial charge is 0.496 e. The van der Waals surface area contributed by atoms with E-state index in [0.717, 1.165) is 10.2 Å². The topological polar surface area (TPSA) is 99.3 Å². The van der Waals surface area contributed by atoms with Gasteiger partial charge in [-0.05, 0) is 41.9 Å². The summed E-state index contributed by atoms with van der Waals surface area (Å²) >= 11 is 3.33. The summed E-state index contributed by atoms with van der Waals surface area (Å²) in [6, 6.07) is 3.62. The summed E-state index contributed by atoms with van der Waals surface area (Å²) in [6.07, 6.45) is 1.68. The Balaban J connectivity index is 2.24. The van der Waals surface area contributed by atoms with Crippen LogP contribution in [0.25, 0.3) is 0 Å². The molecule has 0 fully saturated rings. The number of carbonyl (C=O) groups excluding carboxylic acids is 1. The van der Waals surface area contributed by atoms with Crippen LogP contribution in [0.3, 0.4) is 0 Å². The zero-order valence-electron chi connectivity index (χ0n) is 12.7. The number of halogens is 1. The van der Waals surface area contributed by atoms with E-state index in [-0.39, 0.29) is 11.4 Å². The predicted octanol–water partition coefficient (Wildman–Crippen LogP) is 3.07. The van der Waals surface area contributed by atoms with Crippen molar-refractivity contribution in [3.8, 4) is 5.75 Å². The molecule has 1 N–H and O–H groups in total. The van der Waals surface area contributed by atoms with Gasteiger partial charge in [0.1, 0.15) is 17.5 Å². The van der Waals surface area contributed by atoms with Gasteiger partial charge in [-0.3, -0.25) is 19.6 Å². The van der Waals surface area contributed by atoms with E-state index in [1.807, 2.05) is 0 Å². The number of aromatic nitrogens is 2. The molecule has 1 heterocycles. The van der Waals surface area contributed by atoms with E-state index in [1.54, 1.807) is 26.1 Å². The minimum atomic E-state index is -0.623. The number of rotatable bonds is 5. The molecule has 1 amide bonds. The van der Waals surface area contributed by atoms with E-state index in [0.29, 0.717) is 5.75 Å². The fraction of sp³-hybridized carbons (Fsp3) is 0.286. The molecule has 0 aliphatic rings. The van der Waals surface area contributed by atoms with Crippen LogP contribution in [-0.4, -0.2) is 27.7 Å². The summed E-state index contributed by atoms with van der Waals surface area (Å²) in [4.78, 5) is 22.9. The van der Waals surface area contributed by atoms with E-state index in [2.05, 4.69) is 26.3 Å².